The summed E-state index contributed by atoms with van der Waals surface area (Å²) in [6.45, 7) is 0.789. The maximum Gasteiger partial charge on any atom is 0.148 e. The smallest absolute Gasteiger partial charge is 0.148 e. The van der Waals surface area contributed by atoms with Gasteiger partial charge in [-0.05, 0) is 36.8 Å². The summed E-state index contributed by atoms with van der Waals surface area (Å²) in [4.78, 5) is 0. The average Bonchev–Trinajstić information content (AvgIpc) is 3.18. The van der Waals surface area contributed by atoms with Crippen LogP contribution in [0.2, 0.25) is 5.02 Å². The number of hydrogen-bond acceptors (Lipinski definition) is 3. The normalized spacial score (nSPS) is 12.8. The third-order valence-electron chi connectivity index (χ3n) is 4.15. The third kappa shape index (κ3) is 2.32. The summed E-state index contributed by atoms with van der Waals surface area (Å²) >= 11 is 6.16. The molecule has 0 fully saturated rings. The largest absolute Gasteiger partial charge is 0.496 e. The Hall–Kier alpha value is -2.53. The first-order valence-electron chi connectivity index (χ1n) is 7.63. The molecule has 0 saturated heterocycles. The van der Waals surface area contributed by atoms with Crippen LogP contribution in [-0.4, -0.2) is 23.4 Å². The van der Waals surface area contributed by atoms with E-state index in [0.717, 1.165) is 35.6 Å². The lowest BCUT2D eigenvalue weighted by atomic mass is 10.1. The van der Waals surface area contributed by atoms with Gasteiger partial charge >= 0.3 is 0 Å². The number of methoxy groups -OCH3 is 1. The minimum Gasteiger partial charge on any atom is -0.496 e. The lowest BCUT2D eigenvalue weighted by molar-refractivity contribution is 0.416. The minimum atomic E-state index is -0.318. The highest BCUT2D eigenvalue weighted by atomic mass is 35.5. The van der Waals surface area contributed by atoms with Crippen molar-refractivity contribution in [3.8, 4) is 22.7 Å². The quantitative estimate of drug-likeness (QED) is 0.770. The highest BCUT2D eigenvalue weighted by Crippen LogP contribution is 2.39. The Kier molecular flexibility index (Phi) is 3.65. The zero-order chi connectivity index (χ0) is 16.7. The van der Waals surface area contributed by atoms with E-state index in [9.17, 15) is 4.39 Å². The van der Waals surface area contributed by atoms with Gasteiger partial charge in [-0.2, -0.15) is 5.10 Å². The molecule has 0 radical (unpaired) electrons. The maximum absolute atomic E-state index is 14.2. The molecule has 2 heterocycles. The highest BCUT2D eigenvalue weighted by molar-refractivity contribution is 6.31. The predicted molar refractivity (Wildman–Crippen MR) is 92.7 cm³/mol. The van der Waals surface area contributed by atoms with Crippen LogP contribution in [0.5, 0.6) is 5.75 Å². The third-order valence-corrected chi connectivity index (χ3v) is 4.38. The molecule has 0 amide bonds. The van der Waals surface area contributed by atoms with Crippen LogP contribution in [0.25, 0.3) is 16.9 Å². The molecule has 0 atom stereocenters. The molecule has 2 aromatic carbocycles. The van der Waals surface area contributed by atoms with E-state index in [0.29, 0.717) is 16.5 Å². The Morgan fingerprint density at radius 3 is 2.88 bits per heavy atom. The maximum atomic E-state index is 14.2. The van der Waals surface area contributed by atoms with Gasteiger partial charge in [-0.1, -0.05) is 23.7 Å². The highest BCUT2D eigenvalue weighted by Gasteiger charge is 2.26. The topological polar surface area (TPSA) is 39.1 Å². The van der Waals surface area contributed by atoms with Crippen LogP contribution in [0.4, 0.5) is 10.2 Å². The molecular weight excluding hydrogens is 329 g/mol. The van der Waals surface area contributed by atoms with E-state index in [1.54, 1.807) is 36.1 Å². The molecule has 4 nitrogen and oxygen atoms in total. The number of nitrogens with zero attached hydrogens (tertiary/aromatic N) is 2. The van der Waals surface area contributed by atoms with Crippen molar-refractivity contribution in [3.63, 3.8) is 0 Å². The van der Waals surface area contributed by atoms with Gasteiger partial charge in [-0.25, -0.2) is 9.07 Å². The van der Waals surface area contributed by atoms with Crippen molar-refractivity contribution in [2.45, 2.75) is 6.42 Å². The summed E-state index contributed by atoms with van der Waals surface area (Å²) in [6, 6.07) is 12.0. The lowest BCUT2D eigenvalue weighted by Crippen LogP contribution is -2.06. The lowest BCUT2D eigenvalue weighted by Gasteiger charge is -2.08. The number of para-hydroxylation sites is 1. The summed E-state index contributed by atoms with van der Waals surface area (Å²) in [5, 5.41) is 8.56. The molecule has 0 aliphatic carbocycles. The molecule has 6 heteroatoms. The van der Waals surface area contributed by atoms with Crippen LogP contribution in [0, 0.1) is 5.82 Å². The molecule has 122 valence electrons. The van der Waals surface area contributed by atoms with Crippen molar-refractivity contribution in [2.24, 2.45) is 0 Å². The number of nitrogens with one attached hydrogen (secondary N) is 1. The SMILES string of the molecule is COc1ccc(Cl)cc1-c1nn(-c2ccccc2F)c2c1CCN2. The van der Waals surface area contributed by atoms with Crippen LogP contribution in [0.3, 0.4) is 0 Å². The Morgan fingerprint density at radius 1 is 1.25 bits per heavy atom. The number of fused-ring (bicyclic) bond motifs is 1. The summed E-state index contributed by atoms with van der Waals surface area (Å²) in [5.41, 5.74) is 3.02. The average molecular weight is 344 g/mol. The molecule has 1 aliphatic rings. The van der Waals surface area contributed by atoms with Gasteiger partial charge in [0, 0.05) is 22.7 Å². The summed E-state index contributed by atoms with van der Waals surface area (Å²) in [6.07, 6.45) is 0.814. The second-order valence-electron chi connectivity index (χ2n) is 5.56. The van der Waals surface area contributed by atoms with Gasteiger partial charge in [0.15, 0.2) is 0 Å². The van der Waals surface area contributed by atoms with Crippen molar-refractivity contribution < 1.29 is 9.13 Å². The molecule has 0 unspecified atom stereocenters. The molecule has 3 aromatic rings. The second kappa shape index (κ2) is 5.83. The first-order chi connectivity index (χ1) is 11.7. The predicted octanol–water partition coefficient (Wildman–Crippen LogP) is 4.31. The Bertz CT molecular complexity index is 923. The summed E-state index contributed by atoms with van der Waals surface area (Å²) in [5.74, 6) is 1.19. The van der Waals surface area contributed by atoms with Crippen LogP contribution >= 0.6 is 11.6 Å². The monoisotopic (exact) mass is 343 g/mol. The van der Waals surface area contributed by atoms with Gasteiger partial charge in [-0.15, -0.1) is 0 Å². The van der Waals surface area contributed by atoms with E-state index in [4.69, 9.17) is 16.3 Å². The molecule has 1 N–H and O–H groups in total. The van der Waals surface area contributed by atoms with Gasteiger partial charge < -0.3 is 10.1 Å². The first kappa shape index (κ1) is 15.0. The first-order valence-corrected chi connectivity index (χ1v) is 8.01. The minimum absolute atomic E-state index is 0.318. The van der Waals surface area contributed by atoms with Crippen molar-refractivity contribution in [2.75, 3.05) is 19.0 Å². The summed E-state index contributed by atoms with van der Waals surface area (Å²) < 4.78 is 21.3. The molecule has 1 aromatic heterocycles. The van der Waals surface area contributed by atoms with Gasteiger partial charge in [-0.3, -0.25) is 0 Å². The number of aromatic nitrogens is 2. The number of anilines is 1. The van der Waals surface area contributed by atoms with Gasteiger partial charge in [0.2, 0.25) is 0 Å². The Labute approximate surface area is 143 Å². The Balaban J connectivity index is 1.95. The molecule has 1 aliphatic heterocycles. The van der Waals surface area contributed by atoms with Gasteiger partial charge in [0.1, 0.15) is 28.8 Å². The number of ether oxygens (including phenoxy) is 1. The van der Waals surface area contributed by atoms with E-state index in [-0.39, 0.29) is 5.82 Å². The standard InChI is InChI=1S/C18H15ClFN3O/c1-24-16-7-6-11(19)10-13(16)17-12-8-9-21-18(12)23(22-17)15-5-3-2-4-14(15)20/h2-7,10,21H,8-9H2,1H3. The number of benzene rings is 2. The van der Waals surface area contributed by atoms with E-state index in [1.165, 1.54) is 6.07 Å². The number of rotatable bonds is 3. The zero-order valence-electron chi connectivity index (χ0n) is 13.0. The molecule has 24 heavy (non-hydrogen) atoms. The van der Waals surface area contributed by atoms with Crippen LogP contribution in [0.1, 0.15) is 5.56 Å². The molecular formula is C18H15ClFN3O. The van der Waals surface area contributed by atoms with Crippen molar-refractivity contribution in [3.05, 3.63) is 58.9 Å². The molecule has 0 saturated carbocycles. The van der Waals surface area contributed by atoms with E-state index in [1.807, 2.05) is 12.1 Å². The summed E-state index contributed by atoms with van der Waals surface area (Å²) in [7, 11) is 1.61. The van der Waals surface area contributed by atoms with Crippen LogP contribution in [0.15, 0.2) is 42.5 Å². The fourth-order valence-corrected chi connectivity index (χ4v) is 3.23. The van der Waals surface area contributed by atoms with E-state index in [2.05, 4.69) is 10.4 Å². The fourth-order valence-electron chi connectivity index (χ4n) is 3.05. The van der Waals surface area contributed by atoms with Crippen LogP contribution in [-0.2, 0) is 6.42 Å². The van der Waals surface area contributed by atoms with Gasteiger partial charge in [0.25, 0.3) is 0 Å². The molecule has 4 rings (SSSR count). The van der Waals surface area contributed by atoms with Crippen molar-refractivity contribution in [1.29, 1.82) is 0 Å². The number of hydrogen-bond donors (Lipinski definition) is 1. The Morgan fingerprint density at radius 2 is 2.08 bits per heavy atom. The van der Waals surface area contributed by atoms with E-state index < -0.39 is 0 Å². The van der Waals surface area contributed by atoms with Crippen molar-refractivity contribution >= 4 is 17.4 Å². The molecule has 0 spiro atoms. The number of halogens is 2. The van der Waals surface area contributed by atoms with Gasteiger partial charge in [0.05, 0.1) is 7.11 Å². The second-order valence-corrected chi connectivity index (χ2v) is 6.00. The van der Waals surface area contributed by atoms with E-state index >= 15 is 0 Å². The molecule has 0 bridgehead atoms. The van der Waals surface area contributed by atoms with Crippen LogP contribution < -0.4 is 10.1 Å². The zero-order valence-corrected chi connectivity index (χ0v) is 13.8. The fraction of sp³-hybridized carbons (Fsp3) is 0.167. The van der Waals surface area contributed by atoms with Crippen molar-refractivity contribution in [1.82, 2.24) is 9.78 Å².